The van der Waals surface area contributed by atoms with Crippen molar-refractivity contribution in [1.82, 2.24) is 0 Å². The molecule has 0 aromatic carbocycles. The molecule has 0 aromatic heterocycles. The molecule has 0 heterocycles. The number of alkyl halides is 2. The molecule has 1 aliphatic carbocycles. The molecule has 1 aliphatic rings. The van der Waals surface area contributed by atoms with Gasteiger partial charge in [-0.3, -0.25) is 0 Å². The lowest BCUT2D eigenvalue weighted by molar-refractivity contribution is 0.127. The fourth-order valence-corrected chi connectivity index (χ4v) is 1.04. The molecule has 9 heavy (non-hydrogen) atoms. The molecule has 0 saturated heterocycles. The lowest BCUT2D eigenvalue weighted by Gasteiger charge is -2.00. The quantitative estimate of drug-likeness (QED) is 0.608. The molecule has 0 unspecified atom stereocenters. The fraction of sp³-hybridized carbons (Fsp3) is 1.00. The topological polar surface area (TPSA) is 26.0 Å². The van der Waals surface area contributed by atoms with Crippen LogP contribution in [0.3, 0.4) is 0 Å². The molecule has 0 amide bonds. The summed E-state index contributed by atoms with van der Waals surface area (Å²) in [6.07, 6.45) is -1.44. The van der Waals surface area contributed by atoms with Crippen molar-refractivity contribution >= 4 is 0 Å². The van der Waals surface area contributed by atoms with Gasteiger partial charge in [0.1, 0.15) is 0 Å². The molecule has 1 rings (SSSR count). The molecular weight excluding hydrogens is 124 g/mol. The van der Waals surface area contributed by atoms with Crippen LogP contribution in [0.15, 0.2) is 0 Å². The fourth-order valence-electron chi connectivity index (χ4n) is 1.04. The highest BCUT2D eigenvalue weighted by molar-refractivity contribution is 5.03. The maximum atomic E-state index is 11.6. The highest BCUT2D eigenvalue weighted by atomic mass is 19.3. The van der Waals surface area contributed by atoms with Gasteiger partial charge < -0.3 is 5.73 Å². The van der Waals surface area contributed by atoms with E-state index in [4.69, 9.17) is 5.73 Å². The average Bonchev–Trinajstić information content (AvgIpc) is 2.10. The zero-order chi connectivity index (χ0) is 7.07. The van der Waals surface area contributed by atoms with Crippen molar-refractivity contribution in [2.45, 2.75) is 31.7 Å². The van der Waals surface area contributed by atoms with Crippen LogP contribution in [0, 0.1) is 5.92 Å². The van der Waals surface area contributed by atoms with Gasteiger partial charge in [0, 0.05) is 12.0 Å². The number of hydrogen-bond acceptors (Lipinski definition) is 1. The summed E-state index contributed by atoms with van der Waals surface area (Å²) in [6.45, 7) is 1.82. The van der Waals surface area contributed by atoms with Crippen molar-refractivity contribution in [2.24, 2.45) is 11.7 Å². The largest absolute Gasteiger partial charge is 0.325 e. The van der Waals surface area contributed by atoms with Crippen LogP contribution in [-0.2, 0) is 0 Å². The smallest absolute Gasteiger partial charge is 0.239 e. The van der Waals surface area contributed by atoms with Gasteiger partial charge >= 0.3 is 0 Å². The zero-order valence-electron chi connectivity index (χ0n) is 5.40. The first-order valence-corrected chi connectivity index (χ1v) is 3.09. The van der Waals surface area contributed by atoms with Gasteiger partial charge in [-0.2, -0.15) is 0 Å². The minimum atomic E-state index is -2.18. The van der Waals surface area contributed by atoms with Crippen LogP contribution in [0.5, 0.6) is 0 Å². The summed E-state index contributed by atoms with van der Waals surface area (Å²) in [6, 6.07) is 0. The molecule has 1 saturated carbocycles. The SMILES string of the molecule is C[C@@]1(N)C[C@H]1CC(F)F. The Kier molecular flexibility index (Phi) is 1.47. The van der Waals surface area contributed by atoms with Crippen LogP contribution in [0.2, 0.25) is 0 Å². The van der Waals surface area contributed by atoms with Gasteiger partial charge in [-0.25, -0.2) is 8.78 Å². The Morgan fingerprint density at radius 3 is 2.33 bits per heavy atom. The van der Waals surface area contributed by atoms with E-state index in [0.717, 1.165) is 6.42 Å². The molecule has 0 aromatic rings. The number of nitrogens with two attached hydrogens (primary N) is 1. The first-order valence-electron chi connectivity index (χ1n) is 3.09. The second-order valence-corrected chi connectivity index (χ2v) is 3.03. The minimum absolute atomic E-state index is 0.0208. The van der Waals surface area contributed by atoms with Gasteiger partial charge in [-0.15, -0.1) is 0 Å². The van der Waals surface area contributed by atoms with Gasteiger partial charge in [0.2, 0.25) is 6.43 Å². The van der Waals surface area contributed by atoms with E-state index in [9.17, 15) is 8.78 Å². The van der Waals surface area contributed by atoms with Crippen molar-refractivity contribution in [3.05, 3.63) is 0 Å². The Morgan fingerprint density at radius 2 is 2.22 bits per heavy atom. The molecule has 3 heteroatoms. The van der Waals surface area contributed by atoms with E-state index in [1.807, 2.05) is 6.92 Å². The predicted octanol–water partition coefficient (Wildman–Crippen LogP) is 1.38. The van der Waals surface area contributed by atoms with Crippen molar-refractivity contribution in [3.8, 4) is 0 Å². The normalized spacial score (nSPS) is 41.7. The molecule has 2 atom stereocenters. The van der Waals surface area contributed by atoms with Crippen LogP contribution in [0.4, 0.5) is 8.78 Å². The van der Waals surface area contributed by atoms with Gasteiger partial charge in [-0.05, 0) is 19.3 Å². The summed E-state index contributed by atoms with van der Waals surface area (Å²) in [5.74, 6) is 0.0671. The van der Waals surface area contributed by atoms with Gasteiger partial charge in [0.05, 0.1) is 0 Å². The summed E-state index contributed by atoms with van der Waals surface area (Å²) in [5, 5.41) is 0. The third kappa shape index (κ3) is 1.61. The first kappa shape index (κ1) is 6.93. The second-order valence-electron chi connectivity index (χ2n) is 3.03. The summed E-state index contributed by atoms with van der Waals surface area (Å²) >= 11 is 0. The van der Waals surface area contributed by atoms with E-state index < -0.39 is 6.43 Å². The van der Waals surface area contributed by atoms with Crippen LogP contribution in [0.1, 0.15) is 19.8 Å². The van der Waals surface area contributed by atoms with Crippen molar-refractivity contribution in [1.29, 1.82) is 0 Å². The van der Waals surface area contributed by atoms with Crippen molar-refractivity contribution < 1.29 is 8.78 Å². The van der Waals surface area contributed by atoms with E-state index >= 15 is 0 Å². The Balaban J connectivity index is 2.20. The standard InChI is InChI=1S/C6H11F2N/c1-6(9)3-4(6)2-5(7)8/h4-5H,2-3,9H2,1H3/t4-,6-/m1/s1. The second kappa shape index (κ2) is 1.90. The summed E-state index contributed by atoms with van der Waals surface area (Å²) < 4.78 is 23.2. The van der Waals surface area contributed by atoms with E-state index in [0.29, 0.717) is 0 Å². The highest BCUT2D eigenvalue weighted by Crippen LogP contribution is 2.44. The molecule has 1 nitrogen and oxygen atoms in total. The lowest BCUT2D eigenvalue weighted by Crippen LogP contribution is -2.20. The molecule has 1 fully saturated rings. The summed E-state index contributed by atoms with van der Waals surface area (Å²) in [7, 11) is 0. The van der Waals surface area contributed by atoms with Crippen LogP contribution in [0.25, 0.3) is 0 Å². The molecular formula is C6H11F2N. The van der Waals surface area contributed by atoms with Crippen molar-refractivity contribution in [3.63, 3.8) is 0 Å². The van der Waals surface area contributed by atoms with E-state index in [1.54, 1.807) is 0 Å². The van der Waals surface area contributed by atoms with Gasteiger partial charge in [-0.1, -0.05) is 0 Å². The minimum Gasteiger partial charge on any atom is -0.325 e. The number of hydrogen-bond donors (Lipinski definition) is 1. The Labute approximate surface area is 53.2 Å². The van der Waals surface area contributed by atoms with Crippen molar-refractivity contribution in [2.75, 3.05) is 0 Å². The van der Waals surface area contributed by atoms with Gasteiger partial charge in [0.25, 0.3) is 0 Å². The van der Waals surface area contributed by atoms with Crippen LogP contribution < -0.4 is 5.73 Å². The average molecular weight is 135 g/mol. The van der Waals surface area contributed by atoms with Crippen LogP contribution in [-0.4, -0.2) is 12.0 Å². The molecule has 2 N–H and O–H groups in total. The predicted molar refractivity (Wildman–Crippen MR) is 31.3 cm³/mol. The molecule has 0 spiro atoms. The monoisotopic (exact) mass is 135 g/mol. The lowest BCUT2D eigenvalue weighted by atomic mass is 10.2. The third-order valence-electron chi connectivity index (χ3n) is 1.92. The van der Waals surface area contributed by atoms with Crippen LogP contribution >= 0.6 is 0 Å². The van der Waals surface area contributed by atoms with E-state index in [-0.39, 0.29) is 17.9 Å². The molecule has 0 bridgehead atoms. The Hall–Kier alpha value is -0.180. The third-order valence-corrected chi connectivity index (χ3v) is 1.92. The number of halogens is 2. The number of rotatable bonds is 2. The highest BCUT2D eigenvalue weighted by Gasteiger charge is 2.47. The summed E-state index contributed by atoms with van der Waals surface area (Å²) in [4.78, 5) is 0. The van der Waals surface area contributed by atoms with E-state index in [2.05, 4.69) is 0 Å². The molecule has 0 aliphatic heterocycles. The Bertz CT molecular complexity index is 112. The first-order chi connectivity index (χ1) is 4.02. The molecule has 0 radical (unpaired) electrons. The zero-order valence-corrected chi connectivity index (χ0v) is 5.40. The maximum Gasteiger partial charge on any atom is 0.239 e. The Morgan fingerprint density at radius 1 is 1.78 bits per heavy atom. The van der Waals surface area contributed by atoms with Gasteiger partial charge in [0.15, 0.2) is 0 Å². The summed E-state index contributed by atoms with van der Waals surface area (Å²) in [5.41, 5.74) is 5.24. The van der Waals surface area contributed by atoms with E-state index in [1.165, 1.54) is 0 Å². The molecule has 54 valence electrons. The maximum absolute atomic E-state index is 11.6.